The second-order valence-electron chi connectivity index (χ2n) is 7.15. The first-order valence-corrected chi connectivity index (χ1v) is 11.7. The van der Waals surface area contributed by atoms with Gasteiger partial charge in [-0.2, -0.15) is 18.3 Å². The molecule has 2 N–H and O–H groups in total. The van der Waals surface area contributed by atoms with E-state index in [1.807, 2.05) is 0 Å². The highest BCUT2D eigenvalue weighted by Gasteiger charge is 2.37. The normalized spacial score (nSPS) is 11.5. The Hall–Kier alpha value is -2.96. The molecule has 4 aromatic rings. The first kappa shape index (κ1) is 25.1. The minimum atomic E-state index is -4.83. The van der Waals surface area contributed by atoms with Crippen molar-refractivity contribution in [2.45, 2.75) is 6.18 Å². The molecule has 35 heavy (non-hydrogen) atoms. The van der Waals surface area contributed by atoms with E-state index in [4.69, 9.17) is 11.6 Å². The van der Waals surface area contributed by atoms with Gasteiger partial charge in [0.05, 0.1) is 16.3 Å². The maximum atomic E-state index is 13.4. The second kappa shape index (κ2) is 9.59. The number of hydrogen-bond acceptors (Lipinski definition) is 4. The number of nitrogens with one attached hydrogen (secondary N) is 2. The largest absolute Gasteiger partial charge is 0.435 e. The van der Waals surface area contributed by atoms with Crippen LogP contribution in [-0.4, -0.2) is 33.6 Å². The van der Waals surface area contributed by atoms with Crippen molar-refractivity contribution < 1.29 is 22.8 Å². The number of aromatic nitrogens is 3. The standard InChI is InChI=1S/C22H13Br2ClF3N5O2/c1-29-20(34)13-8-10-7-11(23)4-5-12(10)17(24)18(13)31-21(35)15-9-16(22(26,27)28)32-33(15)19-14(25)3-2-6-30-19/h2-9H,1H3,(H,29,34)(H,31,35). The van der Waals surface area contributed by atoms with Crippen molar-refractivity contribution in [3.8, 4) is 5.82 Å². The lowest BCUT2D eigenvalue weighted by molar-refractivity contribution is -0.141. The van der Waals surface area contributed by atoms with Gasteiger partial charge in [0.25, 0.3) is 11.8 Å². The van der Waals surface area contributed by atoms with Gasteiger partial charge in [0, 0.05) is 28.3 Å². The number of benzene rings is 2. The maximum Gasteiger partial charge on any atom is 0.435 e. The van der Waals surface area contributed by atoms with Crippen molar-refractivity contribution in [3.63, 3.8) is 0 Å². The molecular weight excluding hydrogens is 619 g/mol. The minimum absolute atomic E-state index is 0.0121. The molecule has 0 radical (unpaired) electrons. The number of carbonyl (C=O) groups is 2. The van der Waals surface area contributed by atoms with Gasteiger partial charge in [-0.25, -0.2) is 9.67 Å². The molecule has 0 aliphatic carbocycles. The zero-order valence-electron chi connectivity index (χ0n) is 17.5. The van der Waals surface area contributed by atoms with Crippen LogP contribution >= 0.6 is 43.5 Å². The number of carbonyl (C=O) groups excluding carboxylic acids is 2. The van der Waals surface area contributed by atoms with Gasteiger partial charge in [0.1, 0.15) is 5.69 Å². The van der Waals surface area contributed by atoms with Gasteiger partial charge in [-0.05, 0) is 57.0 Å². The summed E-state index contributed by atoms with van der Waals surface area (Å²) in [5.41, 5.74) is -1.63. The number of anilines is 1. The molecule has 0 bridgehead atoms. The van der Waals surface area contributed by atoms with E-state index in [1.165, 1.54) is 25.4 Å². The lowest BCUT2D eigenvalue weighted by atomic mass is 10.0. The molecule has 13 heteroatoms. The average Bonchev–Trinajstić information content (AvgIpc) is 3.26. The van der Waals surface area contributed by atoms with Crippen molar-refractivity contribution in [1.29, 1.82) is 0 Å². The molecule has 2 aromatic heterocycles. The van der Waals surface area contributed by atoms with E-state index in [2.05, 4.69) is 52.6 Å². The molecule has 4 rings (SSSR count). The van der Waals surface area contributed by atoms with Crippen LogP contribution in [0.3, 0.4) is 0 Å². The van der Waals surface area contributed by atoms with E-state index in [-0.39, 0.29) is 22.1 Å². The summed E-state index contributed by atoms with van der Waals surface area (Å²) in [5.74, 6) is -1.64. The molecule has 2 heterocycles. The quantitative estimate of drug-likeness (QED) is 0.280. The van der Waals surface area contributed by atoms with E-state index in [0.29, 0.717) is 26.0 Å². The van der Waals surface area contributed by atoms with Crippen molar-refractivity contribution >= 4 is 71.7 Å². The topological polar surface area (TPSA) is 88.9 Å². The summed E-state index contributed by atoms with van der Waals surface area (Å²) in [7, 11) is 1.42. The monoisotopic (exact) mass is 629 g/mol. The van der Waals surface area contributed by atoms with Gasteiger partial charge in [-0.15, -0.1) is 0 Å². The summed E-state index contributed by atoms with van der Waals surface area (Å²) < 4.78 is 42.2. The summed E-state index contributed by atoms with van der Waals surface area (Å²) in [4.78, 5) is 29.9. The van der Waals surface area contributed by atoms with E-state index in [0.717, 1.165) is 4.47 Å². The number of pyridine rings is 1. The third kappa shape index (κ3) is 4.91. The van der Waals surface area contributed by atoms with Gasteiger partial charge in [0.2, 0.25) is 0 Å². The number of fused-ring (bicyclic) bond motifs is 1. The van der Waals surface area contributed by atoms with Gasteiger partial charge in [-0.1, -0.05) is 33.6 Å². The highest BCUT2D eigenvalue weighted by Crippen LogP contribution is 2.37. The number of halogens is 6. The first-order valence-electron chi connectivity index (χ1n) is 9.74. The zero-order valence-corrected chi connectivity index (χ0v) is 21.5. The van der Waals surface area contributed by atoms with Gasteiger partial charge in [0.15, 0.2) is 11.5 Å². The van der Waals surface area contributed by atoms with E-state index < -0.39 is 29.4 Å². The Balaban J connectivity index is 1.87. The van der Waals surface area contributed by atoms with Crippen LogP contribution in [0.1, 0.15) is 26.5 Å². The number of amides is 2. The summed E-state index contributed by atoms with van der Waals surface area (Å²) in [6.45, 7) is 0. The second-order valence-corrected chi connectivity index (χ2v) is 9.26. The Morgan fingerprint density at radius 3 is 2.49 bits per heavy atom. The molecule has 2 aromatic carbocycles. The molecule has 0 aliphatic heterocycles. The van der Waals surface area contributed by atoms with Crippen LogP contribution in [0.25, 0.3) is 16.6 Å². The van der Waals surface area contributed by atoms with E-state index in [1.54, 1.807) is 24.3 Å². The van der Waals surface area contributed by atoms with Crippen LogP contribution in [0, 0.1) is 0 Å². The summed E-state index contributed by atoms with van der Waals surface area (Å²) in [5, 5.41) is 9.90. The molecule has 0 atom stereocenters. The smallest absolute Gasteiger partial charge is 0.355 e. The Bertz CT molecular complexity index is 1490. The molecule has 0 spiro atoms. The fourth-order valence-electron chi connectivity index (χ4n) is 3.32. The Kier molecular flexibility index (Phi) is 6.89. The Morgan fingerprint density at radius 1 is 1.09 bits per heavy atom. The van der Waals surface area contributed by atoms with E-state index >= 15 is 0 Å². The molecule has 0 aliphatic rings. The fraction of sp³-hybridized carbons (Fsp3) is 0.0909. The maximum absolute atomic E-state index is 13.4. The molecule has 0 saturated carbocycles. The van der Waals surface area contributed by atoms with Crippen LogP contribution in [0.5, 0.6) is 0 Å². The van der Waals surface area contributed by atoms with Crippen LogP contribution in [-0.2, 0) is 6.18 Å². The summed E-state index contributed by atoms with van der Waals surface area (Å²) in [6, 6.07) is 10.4. The predicted molar refractivity (Wildman–Crippen MR) is 132 cm³/mol. The predicted octanol–water partition coefficient (Wildman–Crippen LogP) is 6.23. The first-order chi connectivity index (χ1) is 16.5. The van der Waals surface area contributed by atoms with Crippen LogP contribution in [0.4, 0.5) is 18.9 Å². The van der Waals surface area contributed by atoms with Crippen molar-refractivity contribution in [2.75, 3.05) is 12.4 Å². The number of nitrogens with zero attached hydrogens (tertiary/aromatic N) is 3. The fourth-order valence-corrected chi connectivity index (χ4v) is 4.58. The van der Waals surface area contributed by atoms with Crippen molar-refractivity contribution in [1.82, 2.24) is 20.1 Å². The lowest BCUT2D eigenvalue weighted by Gasteiger charge is -2.16. The number of rotatable bonds is 4. The average molecular weight is 632 g/mol. The Morgan fingerprint density at radius 2 is 1.83 bits per heavy atom. The molecule has 180 valence electrons. The third-order valence-corrected chi connectivity index (χ3v) is 6.53. The molecular formula is C22H13Br2ClF3N5O2. The number of hydrogen-bond donors (Lipinski definition) is 2. The van der Waals surface area contributed by atoms with Crippen molar-refractivity contribution in [2.24, 2.45) is 0 Å². The molecule has 2 amide bonds. The zero-order chi connectivity index (χ0) is 25.5. The highest BCUT2D eigenvalue weighted by molar-refractivity contribution is 9.11. The Labute approximate surface area is 217 Å². The van der Waals surface area contributed by atoms with Gasteiger partial charge < -0.3 is 10.6 Å². The van der Waals surface area contributed by atoms with E-state index in [9.17, 15) is 22.8 Å². The molecule has 0 unspecified atom stereocenters. The van der Waals surface area contributed by atoms with Gasteiger partial charge in [-0.3, -0.25) is 9.59 Å². The van der Waals surface area contributed by atoms with Gasteiger partial charge >= 0.3 is 6.18 Å². The van der Waals surface area contributed by atoms with Crippen LogP contribution in [0.15, 0.2) is 57.6 Å². The van der Waals surface area contributed by atoms with Crippen molar-refractivity contribution in [3.05, 3.63) is 79.6 Å². The molecule has 0 saturated heterocycles. The summed E-state index contributed by atoms with van der Waals surface area (Å²) >= 11 is 12.9. The number of alkyl halides is 3. The SMILES string of the molecule is CNC(=O)c1cc2cc(Br)ccc2c(Br)c1NC(=O)c1cc(C(F)(F)F)nn1-c1ncccc1Cl. The van der Waals surface area contributed by atoms with Crippen LogP contribution in [0.2, 0.25) is 5.02 Å². The highest BCUT2D eigenvalue weighted by atomic mass is 79.9. The third-order valence-electron chi connectivity index (χ3n) is 4.92. The van der Waals surface area contributed by atoms with Crippen LogP contribution < -0.4 is 10.6 Å². The minimum Gasteiger partial charge on any atom is -0.355 e. The molecule has 7 nitrogen and oxygen atoms in total. The lowest BCUT2D eigenvalue weighted by Crippen LogP contribution is -2.23. The summed E-state index contributed by atoms with van der Waals surface area (Å²) in [6.07, 6.45) is -3.52. The molecule has 0 fully saturated rings.